The van der Waals surface area contributed by atoms with Crippen molar-refractivity contribution in [1.29, 1.82) is 0 Å². The molecule has 0 heterocycles. The molecule has 3 aromatic carbocycles. The van der Waals surface area contributed by atoms with Crippen molar-refractivity contribution in [2.75, 3.05) is 23.8 Å². The van der Waals surface area contributed by atoms with E-state index in [1.165, 1.54) is 43.2 Å². The first kappa shape index (κ1) is 27.2. The highest BCUT2D eigenvalue weighted by Gasteiger charge is 2.27. The normalized spacial score (nSPS) is 11.6. The van der Waals surface area contributed by atoms with Crippen LogP contribution in [0.5, 0.6) is 5.75 Å². The number of urea groups is 1. The summed E-state index contributed by atoms with van der Waals surface area (Å²) in [6, 6.07) is 19.4. The van der Waals surface area contributed by atoms with Crippen LogP contribution in [-0.4, -0.2) is 46.3 Å². The lowest BCUT2D eigenvalue weighted by molar-refractivity contribution is -0.120. The molecule has 0 saturated carbocycles. The highest BCUT2D eigenvalue weighted by Crippen LogP contribution is 2.19. The number of Topliss-reactive ketones (excluding diaryl/α,β-unsaturated/α-hetero) is 1. The average molecular weight is 525 g/mol. The van der Waals surface area contributed by atoms with Gasteiger partial charge in [-0.2, -0.15) is 8.42 Å². The minimum atomic E-state index is -4.33. The lowest BCUT2D eigenvalue weighted by atomic mass is 10.0. The van der Waals surface area contributed by atoms with Gasteiger partial charge in [-0.1, -0.05) is 30.3 Å². The Morgan fingerprint density at radius 3 is 2.11 bits per heavy atom. The molecule has 0 radical (unpaired) electrons. The Balaban J connectivity index is 1.73. The Hall–Kier alpha value is -4.38. The van der Waals surface area contributed by atoms with E-state index >= 15 is 0 Å². The van der Waals surface area contributed by atoms with Gasteiger partial charge in [0.2, 0.25) is 5.91 Å². The number of anilines is 2. The van der Waals surface area contributed by atoms with Crippen molar-refractivity contribution in [3.63, 3.8) is 0 Å². The van der Waals surface area contributed by atoms with E-state index in [0.717, 1.165) is 5.56 Å². The zero-order valence-electron chi connectivity index (χ0n) is 20.6. The molecule has 37 heavy (non-hydrogen) atoms. The van der Waals surface area contributed by atoms with Crippen LogP contribution in [-0.2, 0) is 21.4 Å². The summed E-state index contributed by atoms with van der Waals surface area (Å²) in [5, 5.41) is 2.47. The minimum Gasteiger partial charge on any atom is -0.497 e. The Labute approximate surface area is 215 Å². The Morgan fingerprint density at radius 2 is 1.54 bits per heavy atom. The van der Waals surface area contributed by atoms with Crippen LogP contribution >= 0.6 is 0 Å². The topological polar surface area (TPSA) is 134 Å². The number of amides is 3. The first-order chi connectivity index (χ1) is 17.6. The van der Waals surface area contributed by atoms with Crippen LogP contribution in [0.15, 0.2) is 78.9 Å². The van der Waals surface area contributed by atoms with E-state index in [2.05, 4.69) is 10.0 Å². The number of methoxy groups -OCH3 is 1. The molecule has 11 heteroatoms. The van der Waals surface area contributed by atoms with Gasteiger partial charge in [0.15, 0.2) is 5.78 Å². The highest BCUT2D eigenvalue weighted by atomic mass is 32.2. The quantitative estimate of drug-likeness (QED) is 0.349. The predicted molar refractivity (Wildman–Crippen MR) is 141 cm³/mol. The third kappa shape index (κ3) is 7.80. The lowest BCUT2D eigenvalue weighted by Crippen LogP contribution is -2.53. The maximum absolute atomic E-state index is 13.3. The molecular weight excluding hydrogens is 496 g/mol. The molecule has 0 aliphatic rings. The molecule has 0 aliphatic carbocycles. The fourth-order valence-electron chi connectivity index (χ4n) is 3.48. The number of benzene rings is 3. The molecule has 0 fully saturated rings. The summed E-state index contributed by atoms with van der Waals surface area (Å²) in [6.07, 6.45) is 0.133. The largest absolute Gasteiger partial charge is 0.497 e. The maximum Gasteiger partial charge on any atom is 0.330 e. The molecule has 3 aromatic rings. The van der Waals surface area contributed by atoms with Gasteiger partial charge in [-0.3, -0.25) is 14.3 Å². The second-order valence-corrected chi connectivity index (χ2v) is 9.57. The first-order valence-corrected chi connectivity index (χ1v) is 12.7. The Bertz CT molecular complexity index is 1340. The van der Waals surface area contributed by atoms with Crippen molar-refractivity contribution < 1.29 is 27.5 Å². The second kappa shape index (κ2) is 12.0. The van der Waals surface area contributed by atoms with Crippen LogP contribution in [0, 0.1) is 0 Å². The summed E-state index contributed by atoms with van der Waals surface area (Å²) in [7, 11) is -1.23. The van der Waals surface area contributed by atoms with E-state index in [-0.39, 0.29) is 17.9 Å². The maximum atomic E-state index is 13.3. The van der Waals surface area contributed by atoms with Crippen molar-refractivity contribution >= 4 is 39.3 Å². The van der Waals surface area contributed by atoms with Gasteiger partial charge in [0.25, 0.3) is 0 Å². The van der Waals surface area contributed by atoms with E-state index in [1.807, 2.05) is 10.8 Å². The van der Waals surface area contributed by atoms with Gasteiger partial charge in [-0.15, -0.1) is 0 Å². The predicted octanol–water partition coefficient (Wildman–Crippen LogP) is 3.13. The monoisotopic (exact) mass is 524 g/mol. The van der Waals surface area contributed by atoms with Crippen LogP contribution in [0.25, 0.3) is 0 Å². The minimum absolute atomic E-state index is 0.133. The number of nitrogens with zero attached hydrogens (tertiary/aromatic N) is 1. The van der Waals surface area contributed by atoms with E-state index in [9.17, 15) is 22.8 Å². The van der Waals surface area contributed by atoms with E-state index in [4.69, 9.17) is 4.74 Å². The highest BCUT2D eigenvalue weighted by molar-refractivity contribution is 7.91. The number of hydrogen-bond donors (Lipinski definition) is 3. The second-order valence-electron chi connectivity index (χ2n) is 8.15. The van der Waals surface area contributed by atoms with Crippen molar-refractivity contribution in [3.8, 4) is 5.75 Å². The first-order valence-electron chi connectivity index (χ1n) is 11.3. The number of likely N-dealkylation sites (N-methyl/N-ethyl adjacent to an activating group) is 1. The van der Waals surface area contributed by atoms with Crippen molar-refractivity contribution in [2.24, 2.45) is 0 Å². The Kier molecular flexibility index (Phi) is 8.86. The molecule has 0 aromatic heterocycles. The summed E-state index contributed by atoms with van der Waals surface area (Å²) in [5.41, 5.74) is 1.91. The standard InChI is InChI=1S/C26H28N4O6S/c1-18(31)20-9-11-21(12-10-20)28-37(34,35)29-26(33)27-24(17-19-7-5-4-6-8-19)25(32)30(2)22-13-15-23(36-3)16-14-22/h4-16,24,28H,17H2,1-3H3,(H2,27,29,33). The van der Waals surface area contributed by atoms with Crippen LogP contribution in [0.1, 0.15) is 22.8 Å². The van der Waals surface area contributed by atoms with Crippen LogP contribution < -0.4 is 24.4 Å². The summed E-state index contributed by atoms with van der Waals surface area (Å²) in [4.78, 5) is 38.8. The van der Waals surface area contributed by atoms with Crippen molar-refractivity contribution in [2.45, 2.75) is 19.4 Å². The number of carbonyl (C=O) groups is 3. The van der Waals surface area contributed by atoms with Crippen LogP contribution in [0.4, 0.5) is 16.2 Å². The molecule has 0 saturated heterocycles. The third-order valence-corrected chi connectivity index (χ3v) is 6.41. The smallest absolute Gasteiger partial charge is 0.330 e. The third-order valence-electron chi connectivity index (χ3n) is 5.45. The molecule has 10 nitrogen and oxygen atoms in total. The molecule has 1 atom stereocenters. The van der Waals surface area contributed by atoms with E-state index in [1.54, 1.807) is 55.6 Å². The van der Waals surface area contributed by atoms with Gasteiger partial charge in [0.05, 0.1) is 12.8 Å². The van der Waals surface area contributed by atoms with Gasteiger partial charge in [0, 0.05) is 24.7 Å². The molecule has 0 bridgehead atoms. The van der Waals surface area contributed by atoms with E-state index < -0.39 is 28.2 Å². The number of ether oxygens (including phenoxy) is 1. The molecule has 3 N–H and O–H groups in total. The molecule has 0 aliphatic heterocycles. The van der Waals surface area contributed by atoms with Gasteiger partial charge in [-0.05, 0) is 61.0 Å². The number of carbonyl (C=O) groups excluding carboxylic acids is 3. The number of rotatable bonds is 10. The van der Waals surface area contributed by atoms with E-state index in [0.29, 0.717) is 17.0 Å². The molecule has 3 rings (SSSR count). The average Bonchev–Trinajstić information content (AvgIpc) is 2.87. The number of hydrogen-bond acceptors (Lipinski definition) is 6. The van der Waals surface area contributed by atoms with Crippen molar-refractivity contribution in [1.82, 2.24) is 10.0 Å². The van der Waals surface area contributed by atoms with Crippen molar-refractivity contribution in [3.05, 3.63) is 90.0 Å². The number of ketones is 1. The fraction of sp³-hybridized carbons (Fsp3) is 0.192. The fourth-order valence-corrected chi connectivity index (χ4v) is 4.28. The molecule has 1 unspecified atom stereocenters. The Morgan fingerprint density at radius 1 is 0.919 bits per heavy atom. The SMILES string of the molecule is COc1ccc(N(C)C(=O)C(Cc2ccccc2)NC(=O)NS(=O)(=O)Nc2ccc(C(C)=O)cc2)cc1. The summed E-state index contributed by atoms with van der Waals surface area (Å²) in [5.74, 6) is 0.00608. The summed E-state index contributed by atoms with van der Waals surface area (Å²) in [6.45, 7) is 1.39. The summed E-state index contributed by atoms with van der Waals surface area (Å²) >= 11 is 0. The lowest BCUT2D eigenvalue weighted by Gasteiger charge is -2.25. The van der Waals surface area contributed by atoms with Gasteiger partial charge < -0.3 is 15.0 Å². The molecule has 3 amide bonds. The summed E-state index contributed by atoms with van der Waals surface area (Å²) < 4.78 is 34.2. The van der Waals surface area contributed by atoms with Gasteiger partial charge in [-0.25, -0.2) is 9.52 Å². The zero-order chi connectivity index (χ0) is 27.0. The molecule has 0 spiro atoms. The number of nitrogens with one attached hydrogen (secondary N) is 3. The van der Waals surface area contributed by atoms with Gasteiger partial charge in [0.1, 0.15) is 11.8 Å². The molecular formula is C26H28N4O6S. The van der Waals surface area contributed by atoms with Crippen LogP contribution in [0.2, 0.25) is 0 Å². The van der Waals surface area contributed by atoms with Crippen LogP contribution in [0.3, 0.4) is 0 Å². The molecule has 194 valence electrons. The zero-order valence-corrected chi connectivity index (χ0v) is 21.4. The van der Waals surface area contributed by atoms with Gasteiger partial charge >= 0.3 is 16.2 Å².